The van der Waals surface area contributed by atoms with Crippen molar-refractivity contribution in [3.63, 3.8) is 0 Å². The van der Waals surface area contributed by atoms with Crippen LogP contribution in [0.3, 0.4) is 0 Å². The predicted octanol–water partition coefficient (Wildman–Crippen LogP) is 9.43. The van der Waals surface area contributed by atoms with E-state index in [4.69, 9.17) is 9.47 Å². The van der Waals surface area contributed by atoms with Gasteiger partial charge in [0.05, 0.1) is 6.10 Å². The Morgan fingerprint density at radius 2 is 1.42 bits per heavy atom. The number of aryl methyl sites for hydroxylation is 1. The van der Waals surface area contributed by atoms with Crippen molar-refractivity contribution in [2.24, 2.45) is 5.41 Å². The molecule has 1 heterocycles. The fraction of sp³-hybridized carbons (Fsp3) is 0.737. The van der Waals surface area contributed by atoms with Gasteiger partial charge in [0.15, 0.2) is 0 Å². The van der Waals surface area contributed by atoms with Crippen molar-refractivity contribution >= 4 is 11.9 Å². The van der Waals surface area contributed by atoms with Gasteiger partial charge in [0.1, 0.15) is 16.7 Å². The molecule has 0 bridgehead atoms. The van der Waals surface area contributed by atoms with Crippen LogP contribution in [0.4, 0.5) is 0 Å². The highest BCUT2D eigenvalue weighted by molar-refractivity contribution is 5.92. The minimum absolute atomic E-state index is 0.126. The van der Waals surface area contributed by atoms with Gasteiger partial charge in [0.25, 0.3) is 0 Å². The van der Waals surface area contributed by atoms with Crippen LogP contribution >= 0.6 is 0 Å². The molecular weight excluding hydrogens is 566 g/mol. The third-order valence-corrected chi connectivity index (χ3v) is 9.95. The molecule has 1 aromatic carbocycles. The van der Waals surface area contributed by atoms with Crippen molar-refractivity contribution in [3.05, 3.63) is 40.6 Å². The lowest BCUT2D eigenvalue weighted by molar-refractivity contribution is -0.169. The van der Waals surface area contributed by atoms with Crippen LogP contribution in [-0.4, -0.2) is 47.5 Å². The minimum Gasteiger partial charge on any atom is -0.491 e. The Labute approximate surface area is 273 Å². The molecule has 0 spiro atoms. The van der Waals surface area contributed by atoms with Crippen LogP contribution in [0.5, 0.6) is 5.75 Å². The zero-order valence-corrected chi connectivity index (χ0v) is 29.4. The Morgan fingerprint density at radius 1 is 0.867 bits per heavy atom. The molecule has 3 N–H and O–H groups in total. The van der Waals surface area contributed by atoms with E-state index in [1.54, 1.807) is 14.0 Å². The summed E-state index contributed by atoms with van der Waals surface area (Å²) < 4.78 is 11.8. The number of hydrogen-bond donors (Lipinski definition) is 3. The highest BCUT2D eigenvalue weighted by Crippen LogP contribution is 2.58. The largest absolute Gasteiger partial charge is 0.491 e. The third kappa shape index (κ3) is 9.73. The topological polar surface area (TPSA) is 105 Å². The van der Waals surface area contributed by atoms with E-state index in [1.165, 1.54) is 77.6 Å². The van der Waals surface area contributed by atoms with E-state index in [0.29, 0.717) is 24.5 Å². The molecule has 2 rings (SSSR count). The van der Waals surface area contributed by atoms with Gasteiger partial charge in [-0.25, -0.2) is 4.79 Å². The van der Waals surface area contributed by atoms with Gasteiger partial charge in [-0.2, -0.15) is 0 Å². The zero-order valence-electron chi connectivity index (χ0n) is 29.4. The van der Waals surface area contributed by atoms with Crippen LogP contribution in [0, 0.1) is 5.41 Å². The number of aliphatic carboxylic acids is 2. The first-order chi connectivity index (χ1) is 21.5. The van der Waals surface area contributed by atoms with E-state index in [0.717, 1.165) is 36.0 Å². The molecule has 0 saturated heterocycles. The van der Waals surface area contributed by atoms with Gasteiger partial charge < -0.3 is 25.0 Å². The Bertz CT molecular complexity index is 1100. The smallest absolute Gasteiger partial charge is 0.330 e. The highest BCUT2D eigenvalue weighted by atomic mass is 16.5. The van der Waals surface area contributed by atoms with Gasteiger partial charge in [0.2, 0.25) is 0 Å². The van der Waals surface area contributed by atoms with Gasteiger partial charge >= 0.3 is 11.9 Å². The molecule has 3 unspecified atom stereocenters. The van der Waals surface area contributed by atoms with E-state index in [2.05, 4.69) is 18.3 Å². The van der Waals surface area contributed by atoms with Crippen LogP contribution in [0.2, 0.25) is 0 Å². The molecule has 1 aliphatic rings. The Hall–Kier alpha value is -2.54. The number of nitrogens with one attached hydrogen (secondary N) is 1. The Balaban J connectivity index is 2.35. The summed E-state index contributed by atoms with van der Waals surface area (Å²) in [6, 6.07) is 5.97. The van der Waals surface area contributed by atoms with Gasteiger partial charge in [-0.15, -0.1) is 0 Å². The first-order valence-electron chi connectivity index (χ1n) is 17.7. The average Bonchev–Trinajstić information content (AvgIpc) is 2.98. The van der Waals surface area contributed by atoms with Gasteiger partial charge in [-0.3, -0.25) is 4.79 Å². The van der Waals surface area contributed by atoms with Crippen molar-refractivity contribution in [1.29, 1.82) is 0 Å². The van der Waals surface area contributed by atoms with Crippen LogP contribution in [0.1, 0.15) is 155 Å². The number of carboxylic acids is 2. The maximum absolute atomic E-state index is 13.5. The van der Waals surface area contributed by atoms with Crippen LogP contribution in [-0.2, 0) is 20.7 Å². The van der Waals surface area contributed by atoms with Gasteiger partial charge in [0, 0.05) is 30.9 Å². The fourth-order valence-corrected chi connectivity index (χ4v) is 7.45. The maximum Gasteiger partial charge on any atom is 0.330 e. The number of carbonyl (C=O) groups is 2. The first kappa shape index (κ1) is 38.6. The van der Waals surface area contributed by atoms with Crippen molar-refractivity contribution < 1.29 is 29.3 Å². The second kappa shape index (κ2) is 19.2. The number of rotatable bonds is 23. The highest BCUT2D eigenvalue weighted by Gasteiger charge is 2.65. The fourth-order valence-electron chi connectivity index (χ4n) is 7.45. The summed E-state index contributed by atoms with van der Waals surface area (Å²) >= 11 is 0. The summed E-state index contributed by atoms with van der Waals surface area (Å²) in [6.45, 7) is 11.8. The molecule has 7 heteroatoms. The van der Waals surface area contributed by atoms with Crippen molar-refractivity contribution in [2.75, 3.05) is 13.7 Å². The summed E-state index contributed by atoms with van der Waals surface area (Å²) in [6.07, 6.45) is 17.9. The average molecular weight is 630 g/mol. The lowest BCUT2D eigenvalue weighted by atomic mass is 9.54. The molecule has 1 aromatic rings. The summed E-state index contributed by atoms with van der Waals surface area (Å²) in [5.74, 6) is -2.37. The minimum atomic E-state index is -1.74. The Morgan fingerprint density at radius 3 is 1.89 bits per heavy atom. The van der Waals surface area contributed by atoms with Gasteiger partial charge in [-0.05, 0) is 70.6 Å². The summed E-state index contributed by atoms with van der Waals surface area (Å²) in [5.41, 5.74) is 0.00966. The lowest BCUT2D eigenvalue weighted by Gasteiger charge is -2.53. The van der Waals surface area contributed by atoms with Crippen LogP contribution in [0.15, 0.2) is 29.5 Å². The molecule has 0 aromatic heterocycles. The van der Waals surface area contributed by atoms with E-state index in [1.807, 2.05) is 32.9 Å². The maximum atomic E-state index is 13.5. The van der Waals surface area contributed by atoms with E-state index < -0.39 is 28.8 Å². The van der Waals surface area contributed by atoms with Crippen LogP contribution in [0.25, 0.3) is 0 Å². The third-order valence-electron chi connectivity index (χ3n) is 9.95. The number of hydrogen-bond acceptors (Lipinski definition) is 5. The normalized spacial score (nSPS) is 21.6. The standard InChI is InChI=1S/C38H63NO6/c1-8-10-11-12-13-14-15-16-17-18-19-20-21-23-30-24-22-25-32(45-28(3)4)33(30)34-31(26-27-44-7)29(5)39-37(6,35(40)41)38(34,9-2)36(42)43/h22,24-25,28,34,39H,8-21,23,26-27H2,1-7H3,(H,40,41)(H,42,43). The number of ether oxygens (including phenoxy) is 2. The lowest BCUT2D eigenvalue weighted by Crippen LogP contribution is -2.68. The molecule has 45 heavy (non-hydrogen) atoms. The SMILES string of the molecule is CCCCCCCCCCCCCCCc1cccc(OC(C)C)c1C1C(CCOC)=C(C)NC(C)(C(=O)O)C1(CC)C(=O)O. The molecule has 0 saturated carbocycles. The molecule has 256 valence electrons. The quantitative estimate of drug-likeness (QED) is 0.104. The number of benzene rings is 1. The van der Waals surface area contributed by atoms with E-state index >= 15 is 0 Å². The summed E-state index contributed by atoms with van der Waals surface area (Å²) in [5, 5.41) is 24.7. The molecule has 0 amide bonds. The number of carboxylic acid groups (broad SMARTS) is 2. The van der Waals surface area contributed by atoms with Crippen molar-refractivity contribution in [3.8, 4) is 5.75 Å². The first-order valence-corrected chi connectivity index (χ1v) is 17.7. The Kier molecular flexibility index (Phi) is 16.5. The molecular formula is C38H63NO6. The molecule has 3 atom stereocenters. The summed E-state index contributed by atoms with van der Waals surface area (Å²) in [4.78, 5) is 26.4. The molecule has 0 fully saturated rings. The van der Waals surface area contributed by atoms with Crippen molar-refractivity contribution in [2.45, 2.75) is 162 Å². The molecule has 0 radical (unpaired) electrons. The predicted molar refractivity (Wildman–Crippen MR) is 183 cm³/mol. The monoisotopic (exact) mass is 629 g/mol. The number of allylic oxidation sites excluding steroid dienone is 1. The van der Waals surface area contributed by atoms with E-state index in [9.17, 15) is 19.8 Å². The number of methoxy groups -OCH3 is 1. The number of unbranched alkanes of at least 4 members (excludes halogenated alkanes) is 12. The second-order valence-corrected chi connectivity index (χ2v) is 13.5. The van der Waals surface area contributed by atoms with E-state index in [-0.39, 0.29) is 12.5 Å². The molecule has 7 nitrogen and oxygen atoms in total. The second-order valence-electron chi connectivity index (χ2n) is 13.5. The van der Waals surface area contributed by atoms with Crippen LogP contribution < -0.4 is 10.1 Å². The van der Waals surface area contributed by atoms with Crippen molar-refractivity contribution in [1.82, 2.24) is 5.32 Å². The summed E-state index contributed by atoms with van der Waals surface area (Å²) in [7, 11) is 1.63. The molecule has 0 aliphatic carbocycles. The van der Waals surface area contributed by atoms with Gasteiger partial charge in [-0.1, -0.05) is 103 Å². The zero-order chi connectivity index (χ0) is 33.5. The molecule has 1 aliphatic heterocycles.